The van der Waals surface area contributed by atoms with E-state index in [1.807, 2.05) is 24.5 Å². The molecule has 0 unspecified atom stereocenters. The van der Waals surface area contributed by atoms with Crippen molar-refractivity contribution in [2.24, 2.45) is 0 Å². The number of para-hydroxylation sites is 2. The van der Waals surface area contributed by atoms with Gasteiger partial charge in [-0.2, -0.15) is 0 Å². The summed E-state index contributed by atoms with van der Waals surface area (Å²) < 4.78 is 4.50. The van der Waals surface area contributed by atoms with Crippen LogP contribution in [-0.4, -0.2) is 30.6 Å². The molecule has 6 heteroatoms. The fourth-order valence-electron chi connectivity index (χ4n) is 6.49. The molecule has 0 saturated heterocycles. The van der Waals surface area contributed by atoms with Crippen LogP contribution in [0.25, 0.3) is 72.9 Å². The Bertz CT molecular complexity index is 2340. The highest BCUT2D eigenvalue weighted by Crippen LogP contribution is 2.36. The largest absolute Gasteiger partial charge is 0.379 e. The van der Waals surface area contributed by atoms with E-state index in [4.69, 9.17) is 9.97 Å². The summed E-state index contributed by atoms with van der Waals surface area (Å²) in [6.07, 6.45) is 8.12. The first-order valence-corrected chi connectivity index (χ1v) is 14.8. The highest BCUT2D eigenvalue weighted by molar-refractivity contribution is 6.09. The van der Waals surface area contributed by atoms with Crippen molar-refractivity contribution in [1.82, 2.24) is 24.1 Å². The number of anilines is 1. The van der Waals surface area contributed by atoms with E-state index in [9.17, 15) is 0 Å². The van der Waals surface area contributed by atoms with Crippen molar-refractivity contribution < 1.29 is 0 Å². The quantitative estimate of drug-likeness (QED) is 0.232. The van der Waals surface area contributed by atoms with Crippen molar-refractivity contribution >= 4 is 44.5 Å². The molecule has 1 aliphatic heterocycles. The lowest BCUT2D eigenvalue weighted by Gasteiger charge is -2.13. The van der Waals surface area contributed by atoms with Crippen molar-refractivity contribution in [1.29, 1.82) is 0 Å². The molecular formula is C38H26N6. The Labute approximate surface area is 253 Å². The normalized spacial score (nSPS) is 12.5. The molecule has 1 aliphatic rings. The second-order valence-corrected chi connectivity index (χ2v) is 11.0. The van der Waals surface area contributed by atoms with Crippen LogP contribution < -0.4 is 5.32 Å². The molecule has 0 amide bonds. The molecule has 0 bridgehead atoms. The number of rotatable bonds is 4. The van der Waals surface area contributed by atoms with Crippen molar-refractivity contribution in [2.75, 3.05) is 11.9 Å². The van der Waals surface area contributed by atoms with E-state index >= 15 is 0 Å². The van der Waals surface area contributed by atoms with Gasteiger partial charge in [0.2, 0.25) is 0 Å². The van der Waals surface area contributed by atoms with Crippen LogP contribution in [0.1, 0.15) is 5.69 Å². The number of benzene rings is 3. The van der Waals surface area contributed by atoms with Gasteiger partial charge in [0, 0.05) is 40.2 Å². The summed E-state index contributed by atoms with van der Waals surface area (Å²) >= 11 is 0. The molecule has 3 aromatic carbocycles. The second kappa shape index (κ2) is 9.78. The summed E-state index contributed by atoms with van der Waals surface area (Å²) in [5.74, 6) is 0.866. The minimum Gasteiger partial charge on any atom is -0.379 e. The van der Waals surface area contributed by atoms with Crippen LogP contribution in [0, 0.1) is 0 Å². The Kier molecular flexibility index (Phi) is 5.46. The summed E-state index contributed by atoms with van der Waals surface area (Å²) in [6, 6.07) is 39.9. The van der Waals surface area contributed by atoms with E-state index in [-0.39, 0.29) is 0 Å². The van der Waals surface area contributed by atoms with Gasteiger partial charge in [-0.1, -0.05) is 66.7 Å². The van der Waals surface area contributed by atoms with E-state index in [2.05, 4.69) is 135 Å². The molecule has 8 aromatic rings. The molecule has 0 radical (unpaired) electrons. The van der Waals surface area contributed by atoms with E-state index < -0.39 is 0 Å². The molecule has 0 saturated carbocycles. The predicted molar refractivity (Wildman–Crippen MR) is 179 cm³/mol. The Morgan fingerprint density at radius 3 is 2.14 bits per heavy atom. The molecule has 6 nitrogen and oxygen atoms in total. The van der Waals surface area contributed by atoms with Gasteiger partial charge in [-0.3, -0.25) is 9.55 Å². The maximum atomic E-state index is 5.11. The smallest absolute Gasteiger partial charge is 0.138 e. The van der Waals surface area contributed by atoms with Crippen LogP contribution in [-0.2, 0) is 0 Å². The Balaban J connectivity index is 1.10. The molecule has 208 valence electrons. The van der Waals surface area contributed by atoms with Gasteiger partial charge >= 0.3 is 0 Å². The van der Waals surface area contributed by atoms with Gasteiger partial charge in [0.05, 0.1) is 51.2 Å². The summed E-state index contributed by atoms with van der Waals surface area (Å²) in [4.78, 5) is 14.6. The van der Waals surface area contributed by atoms with Crippen molar-refractivity contribution in [3.63, 3.8) is 0 Å². The SMILES string of the molecule is C1=Cc2c(c3ccccc3n2-c2cccc(-c3cccc(-c4ccc(-n5c6ccccc6c6ccncc65)cc4)n3)n2)NC1. The van der Waals surface area contributed by atoms with Crippen molar-refractivity contribution in [3.8, 4) is 34.2 Å². The lowest BCUT2D eigenvalue weighted by atomic mass is 10.1. The van der Waals surface area contributed by atoms with Crippen molar-refractivity contribution in [3.05, 3.63) is 139 Å². The molecule has 0 atom stereocenters. The van der Waals surface area contributed by atoms with Crippen LogP contribution in [0.2, 0.25) is 0 Å². The second-order valence-electron chi connectivity index (χ2n) is 11.0. The summed E-state index contributed by atoms with van der Waals surface area (Å²) in [5.41, 5.74) is 10.4. The zero-order chi connectivity index (χ0) is 29.0. The number of hydrogen-bond donors (Lipinski definition) is 1. The highest BCUT2D eigenvalue weighted by Gasteiger charge is 2.19. The monoisotopic (exact) mass is 566 g/mol. The third kappa shape index (κ3) is 3.78. The molecule has 1 N–H and O–H groups in total. The fraction of sp³-hybridized carbons (Fsp3) is 0.0263. The molecule has 5 aromatic heterocycles. The highest BCUT2D eigenvalue weighted by atomic mass is 15.1. The zero-order valence-electron chi connectivity index (χ0n) is 23.7. The van der Waals surface area contributed by atoms with Gasteiger partial charge in [-0.25, -0.2) is 9.97 Å². The lowest BCUT2D eigenvalue weighted by molar-refractivity contribution is 1.02. The topological polar surface area (TPSA) is 60.6 Å². The maximum absolute atomic E-state index is 5.11. The molecule has 0 fully saturated rings. The van der Waals surface area contributed by atoms with Gasteiger partial charge in [0.25, 0.3) is 0 Å². The summed E-state index contributed by atoms with van der Waals surface area (Å²) in [6.45, 7) is 0.821. The van der Waals surface area contributed by atoms with E-state index in [0.717, 1.165) is 68.6 Å². The van der Waals surface area contributed by atoms with E-state index in [0.29, 0.717) is 0 Å². The number of hydrogen-bond acceptors (Lipinski definition) is 4. The first-order valence-electron chi connectivity index (χ1n) is 14.8. The number of aromatic nitrogens is 5. The first kappa shape index (κ1) is 24.6. The average Bonchev–Trinajstić information content (AvgIpc) is 3.62. The Hall–Kier alpha value is -6.01. The molecule has 0 aliphatic carbocycles. The van der Waals surface area contributed by atoms with Gasteiger partial charge in [0.1, 0.15) is 5.82 Å². The van der Waals surface area contributed by atoms with Gasteiger partial charge in [0.15, 0.2) is 0 Å². The minimum absolute atomic E-state index is 0.821. The molecule has 9 rings (SSSR count). The van der Waals surface area contributed by atoms with Gasteiger partial charge in [-0.15, -0.1) is 0 Å². The molecular weight excluding hydrogens is 540 g/mol. The number of nitrogens with one attached hydrogen (secondary N) is 1. The summed E-state index contributed by atoms with van der Waals surface area (Å²) in [7, 11) is 0. The fourth-order valence-corrected chi connectivity index (χ4v) is 6.49. The predicted octanol–water partition coefficient (Wildman–Crippen LogP) is 8.69. The van der Waals surface area contributed by atoms with Crippen LogP contribution >= 0.6 is 0 Å². The lowest BCUT2D eigenvalue weighted by Crippen LogP contribution is -2.07. The molecule has 0 spiro atoms. The molecule has 44 heavy (non-hydrogen) atoms. The third-order valence-corrected chi connectivity index (χ3v) is 8.46. The van der Waals surface area contributed by atoms with Crippen LogP contribution in [0.4, 0.5) is 5.69 Å². The van der Waals surface area contributed by atoms with E-state index in [1.165, 1.54) is 16.2 Å². The first-order chi connectivity index (χ1) is 21.8. The zero-order valence-corrected chi connectivity index (χ0v) is 23.7. The van der Waals surface area contributed by atoms with E-state index in [1.54, 1.807) is 0 Å². The van der Waals surface area contributed by atoms with Gasteiger partial charge < -0.3 is 9.88 Å². The Morgan fingerprint density at radius 1 is 0.568 bits per heavy atom. The minimum atomic E-state index is 0.821. The van der Waals surface area contributed by atoms with Gasteiger partial charge in [-0.05, 0) is 60.7 Å². The standard InChI is InChI=1S/C38H26N6/c1-3-13-33-27(8-1)28-21-23-39-24-36(28)43(33)26-19-17-25(18-20-26)30-10-5-11-31(41-30)32-12-6-16-37(42-32)44-34-14-4-2-9-29(34)38-35(44)15-7-22-40-38/h1-21,23-24,40H,22H2. The Morgan fingerprint density at radius 2 is 1.27 bits per heavy atom. The summed E-state index contributed by atoms with van der Waals surface area (Å²) in [5, 5.41) is 7.16. The number of fused-ring (bicyclic) bond motifs is 6. The maximum Gasteiger partial charge on any atom is 0.138 e. The third-order valence-electron chi connectivity index (χ3n) is 8.46. The number of pyridine rings is 3. The van der Waals surface area contributed by atoms with Crippen LogP contribution in [0.5, 0.6) is 0 Å². The molecule has 6 heterocycles. The van der Waals surface area contributed by atoms with Crippen LogP contribution in [0.3, 0.4) is 0 Å². The van der Waals surface area contributed by atoms with Crippen LogP contribution in [0.15, 0.2) is 134 Å². The number of nitrogens with zero attached hydrogens (tertiary/aromatic N) is 5. The average molecular weight is 567 g/mol. The van der Waals surface area contributed by atoms with Crippen molar-refractivity contribution in [2.45, 2.75) is 0 Å².